The van der Waals surface area contributed by atoms with Crippen LogP contribution in [-0.4, -0.2) is 11.2 Å². The quantitative estimate of drug-likeness (QED) is 0.491. The zero-order valence-electron chi connectivity index (χ0n) is 13.5. The smallest absolute Gasteiger partial charge is 0.203 e. The van der Waals surface area contributed by atoms with E-state index in [-0.39, 0.29) is 5.82 Å². The largest absolute Gasteiger partial charge is 0.253 e. The predicted octanol–water partition coefficient (Wildman–Crippen LogP) is 5.52. The minimum atomic E-state index is -0.250. The number of halogens is 1. The van der Waals surface area contributed by atoms with Gasteiger partial charge in [0.25, 0.3) is 0 Å². The van der Waals surface area contributed by atoms with Crippen LogP contribution in [0.1, 0.15) is 30.9 Å². The van der Waals surface area contributed by atoms with Crippen molar-refractivity contribution >= 4 is 22.7 Å². The van der Waals surface area contributed by atoms with Gasteiger partial charge in [-0.15, -0.1) is 11.3 Å². The van der Waals surface area contributed by atoms with Gasteiger partial charge >= 0.3 is 0 Å². The average Bonchev–Trinajstić information content (AvgIpc) is 3.05. The third-order valence-corrected chi connectivity index (χ3v) is 4.37. The van der Waals surface area contributed by atoms with Gasteiger partial charge in [-0.05, 0) is 41.3 Å². The zero-order chi connectivity index (χ0) is 16.9. The Morgan fingerprint density at radius 1 is 1.08 bits per heavy atom. The van der Waals surface area contributed by atoms with Crippen LogP contribution in [0.15, 0.2) is 59.0 Å². The minimum absolute atomic E-state index is 0.250. The number of aromatic nitrogens is 1. The highest BCUT2D eigenvalue weighted by Crippen LogP contribution is 2.25. The van der Waals surface area contributed by atoms with Crippen molar-refractivity contribution < 1.29 is 4.39 Å². The van der Waals surface area contributed by atoms with E-state index in [4.69, 9.17) is 0 Å². The average molecular weight is 339 g/mol. The molecular formula is C19H18FN3S. The maximum Gasteiger partial charge on any atom is 0.203 e. The molecule has 5 heteroatoms. The van der Waals surface area contributed by atoms with Crippen molar-refractivity contribution in [3.8, 4) is 11.3 Å². The molecule has 122 valence electrons. The number of hydrazone groups is 1. The lowest BCUT2D eigenvalue weighted by atomic mass is 10.0. The molecule has 3 aromatic rings. The lowest BCUT2D eigenvalue weighted by Gasteiger charge is -2.04. The van der Waals surface area contributed by atoms with Crippen LogP contribution in [0.3, 0.4) is 0 Å². The standard InChI is InChI=1S/C19H18FN3S/c1-13(2)15-5-3-14(4-6-15)11-21-23-19-22-18(12-24-19)16-7-9-17(20)10-8-16/h3-13H,1-2H3,(H,22,23)/b21-11+. The number of rotatable bonds is 5. The van der Waals surface area contributed by atoms with E-state index >= 15 is 0 Å². The molecule has 0 radical (unpaired) electrons. The summed E-state index contributed by atoms with van der Waals surface area (Å²) in [5.74, 6) is 0.273. The van der Waals surface area contributed by atoms with Gasteiger partial charge in [0.2, 0.25) is 5.13 Å². The van der Waals surface area contributed by atoms with Gasteiger partial charge in [-0.2, -0.15) is 5.10 Å². The van der Waals surface area contributed by atoms with Gasteiger partial charge in [0.1, 0.15) is 5.82 Å². The Bertz CT molecular complexity index is 821. The van der Waals surface area contributed by atoms with Gasteiger partial charge in [-0.25, -0.2) is 9.37 Å². The molecule has 0 spiro atoms. The molecule has 0 aliphatic carbocycles. The van der Waals surface area contributed by atoms with Crippen LogP contribution >= 0.6 is 11.3 Å². The first kappa shape index (κ1) is 16.3. The van der Waals surface area contributed by atoms with E-state index in [0.717, 1.165) is 16.8 Å². The molecule has 1 heterocycles. The van der Waals surface area contributed by atoms with E-state index in [1.165, 1.54) is 29.0 Å². The third-order valence-electron chi connectivity index (χ3n) is 3.62. The molecule has 1 N–H and O–H groups in total. The van der Waals surface area contributed by atoms with Crippen molar-refractivity contribution in [2.45, 2.75) is 19.8 Å². The Hall–Kier alpha value is -2.53. The number of hydrogen-bond donors (Lipinski definition) is 1. The Morgan fingerprint density at radius 2 is 1.79 bits per heavy atom. The van der Waals surface area contributed by atoms with Crippen LogP contribution in [0, 0.1) is 5.82 Å². The van der Waals surface area contributed by atoms with Crippen molar-refractivity contribution in [1.82, 2.24) is 4.98 Å². The van der Waals surface area contributed by atoms with E-state index in [2.05, 4.69) is 41.5 Å². The van der Waals surface area contributed by atoms with Crippen molar-refractivity contribution in [2.24, 2.45) is 5.10 Å². The first-order valence-electron chi connectivity index (χ1n) is 7.72. The summed E-state index contributed by atoms with van der Waals surface area (Å²) in [6, 6.07) is 14.6. The molecule has 0 bridgehead atoms. The second-order valence-corrected chi connectivity index (χ2v) is 6.59. The maximum atomic E-state index is 13.0. The molecule has 0 atom stereocenters. The third kappa shape index (κ3) is 4.06. The number of thiazole rings is 1. The summed E-state index contributed by atoms with van der Waals surface area (Å²) in [5.41, 5.74) is 6.96. The molecule has 0 fully saturated rings. The summed E-state index contributed by atoms with van der Waals surface area (Å²) in [7, 11) is 0. The molecule has 1 aromatic heterocycles. The number of hydrogen-bond acceptors (Lipinski definition) is 4. The summed E-state index contributed by atoms with van der Waals surface area (Å²) in [6.07, 6.45) is 1.77. The topological polar surface area (TPSA) is 37.3 Å². The van der Waals surface area contributed by atoms with E-state index < -0.39 is 0 Å². The Morgan fingerprint density at radius 3 is 2.46 bits per heavy atom. The van der Waals surface area contributed by atoms with Crippen molar-refractivity contribution in [1.29, 1.82) is 0 Å². The maximum absolute atomic E-state index is 13.0. The molecule has 2 aromatic carbocycles. The van der Waals surface area contributed by atoms with Gasteiger partial charge in [-0.1, -0.05) is 38.1 Å². The molecule has 0 aliphatic heterocycles. The summed E-state index contributed by atoms with van der Waals surface area (Å²) in [4.78, 5) is 4.45. The first-order chi connectivity index (χ1) is 11.6. The number of nitrogens with one attached hydrogen (secondary N) is 1. The van der Waals surface area contributed by atoms with E-state index in [1.807, 2.05) is 17.5 Å². The van der Waals surface area contributed by atoms with Crippen LogP contribution < -0.4 is 5.43 Å². The van der Waals surface area contributed by atoms with Crippen LogP contribution in [0.5, 0.6) is 0 Å². The van der Waals surface area contributed by atoms with Crippen molar-refractivity contribution in [3.63, 3.8) is 0 Å². The molecule has 24 heavy (non-hydrogen) atoms. The van der Waals surface area contributed by atoms with Crippen molar-refractivity contribution in [3.05, 3.63) is 70.9 Å². The second kappa shape index (κ2) is 7.36. The summed E-state index contributed by atoms with van der Waals surface area (Å²) in [6.45, 7) is 4.34. The lowest BCUT2D eigenvalue weighted by Crippen LogP contribution is -1.91. The lowest BCUT2D eigenvalue weighted by molar-refractivity contribution is 0.628. The molecule has 3 rings (SSSR count). The minimum Gasteiger partial charge on any atom is -0.253 e. The van der Waals surface area contributed by atoms with Crippen LogP contribution in [0.4, 0.5) is 9.52 Å². The molecule has 0 amide bonds. The second-order valence-electron chi connectivity index (χ2n) is 5.74. The normalized spacial score (nSPS) is 11.3. The van der Waals surface area contributed by atoms with Gasteiger partial charge in [0.05, 0.1) is 11.9 Å². The summed E-state index contributed by atoms with van der Waals surface area (Å²) in [5, 5.41) is 6.84. The van der Waals surface area contributed by atoms with Crippen LogP contribution in [0.2, 0.25) is 0 Å². The SMILES string of the molecule is CC(C)c1ccc(/C=N/Nc2nc(-c3ccc(F)cc3)cs2)cc1. The highest BCUT2D eigenvalue weighted by atomic mass is 32.1. The molecule has 0 saturated carbocycles. The fourth-order valence-electron chi connectivity index (χ4n) is 2.21. The number of anilines is 1. The molecule has 0 unspecified atom stereocenters. The van der Waals surface area contributed by atoms with Crippen LogP contribution in [-0.2, 0) is 0 Å². The Balaban J connectivity index is 1.63. The predicted molar refractivity (Wildman–Crippen MR) is 99.3 cm³/mol. The van der Waals surface area contributed by atoms with Crippen molar-refractivity contribution in [2.75, 3.05) is 5.43 Å². The monoisotopic (exact) mass is 339 g/mol. The fraction of sp³-hybridized carbons (Fsp3) is 0.158. The molecule has 0 aliphatic rings. The Kier molecular flexibility index (Phi) is 5.01. The van der Waals surface area contributed by atoms with Gasteiger partial charge in [0.15, 0.2) is 0 Å². The van der Waals surface area contributed by atoms with E-state index in [0.29, 0.717) is 11.0 Å². The van der Waals surface area contributed by atoms with Gasteiger partial charge < -0.3 is 0 Å². The number of nitrogens with zero attached hydrogens (tertiary/aromatic N) is 2. The highest BCUT2D eigenvalue weighted by Gasteiger charge is 2.04. The first-order valence-corrected chi connectivity index (χ1v) is 8.60. The van der Waals surface area contributed by atoms with Crippen LogP contribution in [0.25, 0.3) is 11.3 Å². The molecule has 0 saturated heterocycles. The fourth-order valence-corrected chi connectivity index (χ4v) is 2.88. The van der Waals surface area contributed by atoms with E-state index in [9.17, 15) is 4.39 Å². The molecule has 3 nitrogen and oxygen atoms in total. The van der Waals surface area contributed by atoms with Gasteiger partial charge in [-0.3, -0.25) is 5.43 Å². The summed E-state index contributed by atoms with van der Waals surface area (Å²) < 4.78 is 13.0. The Labute approximate surface area is 144 Å². The van der Waals surface area contributed by atoms with Gasteiger partial charge in [0, 0.05) is 10.9 Å². The molecular weight excluding hydrogens is 321 g/mol. The van der Waals surface area contributed by atoms with E-state index in [1.54, 1.807) is 18.3 Å². The highest BCUT2D eigenvalue weighted by molar-refractivity contribution is 7.14. The zero-order valence-corrected chi connectivity index (χ0v) is 14.3. The summed E-state index contributed by atoms with van der Waals surface area (Å²) >= 11 is 1.46. The number of benzene rings is 2.